The molecule has 2 rings (SSSR count). The molecule has 1 saturated heterocycles. The standard InChI is InChI=1S/C15H19FN2O5S/c1-24(21,22)18-7-5-17(6-8-18)14(19)11-23-15(20)10-12-3-2-4-13(16)9-12/h2-4,9H,5-8,10-11H2,1H3. The zero-order chi connectivity index (χ0) is 17.7. The lowest BCUT2D eigenvalue weighted by molar-refractivity contribution is -0.152. The van der Waals surface area contributed by atoms with Crippen molar-refractivity contribution in [1.29, 1.82) is 0 Å². The lowest BCUT2D eigenvalue weighted by atomic mass is 10.1. The predicted molar refractivity (Wildman–Crippen MR) is 84.1 cm³/mol. The van der Waals surface area contributed by atoms with Crippen molar-refractivity contribution in [2.24, 2.45) is 0 Å². The number of benzene rings is 1. The summed E-state index contributed by atoms with van der Waals surface area (Å²) in [5.41, 5.74) is 0.467. The number of rotatable bonds is 5. The molecular formula is C15H19FN2O5S. The molecule has 0 aliphatic carbocycles. The number of hydrogen-bond donors (Lipinski definition) is 0. The summed E-state index contributed by atoms with van der Waals surface area (Å²) in [6.07, 6.45) is 1.01. The van der Waals surface area contributed by atoms with Crippen molar-refractivity contribution in [3.8, 4) is 0 Å². The van der Waals surface area contributed by atoms with Crippen molar-refractivity contribution >= 4 is 21.9 Å². The van der Waals surface area contributed by atoms with E-state index >= 15 is 0 Å². The number of amides is 1. The molecule has 132 valence electrons. The molecular weight excluding hydrogens is 339 g/mol. The number of esters is 1. The maximum atomic E-state index is 13.0. The van der Waals surface area contributed by atoms with Crippen molar-refractivity contribution in [3.05, 3.63) is 35.6 Å². The predicted octanol–water partition coefficient (Wildman–Crippen LogP) is 0.0152. The third kappa shape index (κ3) is 5.27. The Bertz CT molecular complexity index is 714. The fourth-order valence-corrected chi connectivity index (χ4v) is 3.19. The van der Waals surface area contributed by atoms with Crippen LogP contribution in [-0.4, -0.2) is 68.5 Å². The highest BCUT2D eigenvalue weighted by Crippen LogP contribution is 2.07. The summed E-state index contributed by atoms with van der Waals surface area (Å²) in [6, 6.07) is 5.59. The number of ether oxygens (including phenoxy) is 1. The molecule has 1 heterocycles. The van der Waals surface area contributed by atoms with Crippen LogP contribution in [0.5, 0.6) is 0 Å². The second-order valence-electron chi connectivity index (χ2n) is 5.51. The van der Waals surface area contributed by atoms with Gasteiger partial charge in [-0.3, -0.25) is 9.59 Å². The van der Waals surface area contributed by atoms with E-state index in [1.807, 2.05) is 0 Å². The molecule has 0 atom stereocenters. The van der Waals surface area contributed by atoms with Crippen molar-refractivity contribution in [2.75, 3.05) is 39.0 Å². The van der Waals surface area contributed by atoms with Gasteiger partial charge in [-0.15, -0.1) is 0 Å². The lowest BCUT2D eigenvalue weighted by Crippen LogP contribution is -2.51. The zero-order valence-electron chi connectivity index (χ0n) is 13.3. The Kier molecular flexibility index (Phi) is 5.89. The molecule has 1 aromatic rings. The minimum absolute atomic E-state index is 0.118. The van der Waals surface area contributed by atoms with Crippen LogP contribution >= 0.6 is 0 Å². The Labute approximate surface area is 140 Å². The molecule has 0 aromatic heterocycles. The highest BCUT2D eigenvalue weighted by atomic mass is 32.2. The van der Waals surface area contributed by atoms with Crippen molar-refractivity contribution in [3.63, 3.8) is 0 Å². The number of carbonyl (C=O) groups excluding carboxylic acids is 2. The molecule has 9 heteroatoms. The Morgan fingerprint density at radius 3 is 2.46 bits per heavy atom. The van der Waals surface area contributed by atoms with Gasteiger partial charge in [-0.25, -0.2) is 12.8 Å². The van der Waals surface area contributed by atoms with E-state index in [1.165, 1.54) is 27.4 Å². The van der Waals surface area contributed by atoms with Crippen LogP contribution in [0.2, 0.25) is 0 Å². The van der Waals surface area contributed by atoms with E-state index in [1.54, 1.807) is 6.07 Å². The van der Waals surface area contributed by atoms with E-state index in [-0.39, 0.29) is 38.5 Å². The lowest BCUT2D eigenvalue weighted by Gasteiger charge is -2.33. The van der Waals surface area contributed by atoms with E-state index in [0.717, 1.165) is 6.26 Å². The Balaban J connectivity index is 1.76. The molecule has 1 aliphatic rings. The number of piperazine rings is 1. The van der Waals surface area contributed by atoms with Gasteiger partial charge in [0.05, 0.1) is 12.7 Å². The van der Waals surface area contributed by atoms with Gasteiger partial charge in [0.2, 0.25) is 10.0 Å². The second kappa shape index (κ2) is 7.71. The molecule has 0 saturated carbocycles. The third-order valence-electron chi connectivity index (χ3n) is 3.65. The van der Waals surface area contributed by atoms with E-state index in [0.29, 0.717) is 5.56 Å². The topological polar surface area (TPSA) is 84.0 Å². The van der Waals surface area contributed by atoms with Crippen molar-refractivity contribution < 1.29 is 27.1 Å². The first-order chi connectivity index (χ1) is 11.3. The second-order valence-corrected chi connectivity index (χ2v) is 7.49. The molecule has 0 unspecified atom stereocenters. The maximum absolute atomic E-state index is 13.0. The van der Waals surface area contributed by atoms with Crippen LogP contribution in [0.25, 0.3) is 0 Å². The monoisotopic (exact) mass is 358 g/mol. The zero-order valence-corrected chi connectivity index (χ0v) is 14.1. The van der Waals surface area contributed by atoms with Crippen LogP contribution in [0.3, 0.4) is 0 Å². The summed E-state index contributed by atoms with van der Waals surface area (Å²) in [6.45, 7) is 0.553. The number of halogens is 1. The van der Waals surface area contributed by atoms with Crippen LogP contribution in [0.15, 0.2) is 24.3 Å². The summed E-state index contributed by atoms with van der Waals surface area (Å²) >= 11 is 0. The Hall–Kier alpha value is -2.00. The van der Waals surface area contributed by atoms with E-state index in [2.05, 4.69) is 0 Å². The highest BCUT2D eigenvalue weighted by molar-refractivity contribution is 7.88. The van der Waals surface area contributed by atoms with Gasteiger partial charge < -0.3 is 9.64 Å². The molecule has 1 amide bonds. The first kappa shape index (κ1) is 18.3. The first-order valence-corrected chi connectivity index (χ1v) is 9.23. The fraction of sp³-hybridized carbons (Fsp3) is 0.467. The van der Waals surface area contributed by atoms with Gasteiger partial charge >= 0.3 is 5.97 Å². The first-order valence-electron chi connectivity index (χ1n) is 7.38. The van der Waals surface area contributed by atoms with E-state index in [4.69, 9.17) is 4.74 Å². The van der Waals surface area contributed by atoms with Gasteiger partial charge in [-0.2, -0.15) is 4.31 Å². The largest absolute Gasteiger partial charge is 0.455 e. The Morgan fingerprint density at radius 1 is 1.21 bits per heavy atom. The van der Waals surface area contributed by atoms with E-state index < -0.39 is 28.4 Å². The smallest absolute Gasteiger partial charge is 0.310 e. The molecule has 1 aromatic carbocycles. The van der Waals surface area contributed by atoms with Crippen molar-refractivity contribution in [1.82, 2.24) is 9.21 Å². The molecule has 1 fully saturated rings. The van der Waals surface area contributed by atoms with Gasteiger partial charge in [0.1, 0.15) is 5.82 Å². The van der Waals surface area contributed by atoms with Gasteiger partial charge in [0, 0.05) is 26.2 Å². The molecule has 1 aliphatic heterocycles. The van der Waals surface area contributed by atoms with Crippen LogP contribution in [-0.2, 0) is 30.8 Å². The summed E-state index contributed by atoms with van der Waals surface area (Å²) < 4.78 is 42.0. The van der Waals surface area contributed by atoms with Crippen LogP contribution in [0.1, 0.15) is 5.56 Å². The van der Waals surface area contributed by atoms with Gasteiger partial charge in [-0.05, 0) is 17.7 Å². The molecule has 0 radical (unpaired) electrons. The maximum Gasteiger partial charge on any atom is 0.310 e. The van der Waals surface area contributed by atoms with E-state index in [9.17, 15) is 22.4 Å². The van der Waals surface area contributed by atoms with Crippen LogP contribution in [0, 0.1) is 5.82 Å². The number of carbonyl (C=O) groups is 2. The third-order valence-corrected chi connectivity index (χ3v) is 4.96. The molecule has 24 heavy (non-hydrogen) atoms. The minimum atomic E-state index is -3.26. The SMILES string of the molecule is CS(=O)(=O)N1CCN(C(=O)COC(=O)Cc2cccc(F)c2)CC1. The normalized spacial score (nSPS) is 16.0. The summed E-state index contributed by atoms with van der Waals surface area (Å²) in [5.74, 6) is -1.44. The fourth-order valence-electron chi connectivity index (χ4n) is 2.37. The van der Waals surface area contributed by atoms with Crippen molar-refractivity contribution in [2.45, 2.75) is 6.42 Å². The Morgan fingerprint density at radius 2 is 1.88 bits per heavy atom. The molecule has 0 bridgehead atoms. The van der Waals surface area contributed by atoms with Crippen LogP contribution in [0.4, 0.5) is 4.39 Å². The number of hydrogen-bond acceptors (Lipinski definition) is 5. The average Bonchev–Trinajstić information content (AvgIpc) is 2.52. The van der Waals surface area contributed by atoms with Crippen LogP contribution < -0.4 is 0 Å². The van der Waals surface area contributed by atoms with Gasteiger partial charge in [-0.1, -0.05) is 12.1 Å². The highest BCUT2D eigenvalue weighted by Gasteiger charge is 2.26. The molecule has 0 spiro atoms. The summed E-state index contributed by atoms with van der Waals surface area (Å²) in [5, 5.41) is 0. The number of nitrogens with zero attached hydrogens (tertiary/aromatic N) is 2. The molecule has 7 nitrogen and oxygen atoms in total. The van der Waals surface area contributed by atoms with Gasteiger partial charge in [0.15, 0.2) is 6.61 Å². The summed E-state index contributed by atoms with van der Waals surface area (Å²) in [7, 11) is -3.26. The summed E-state index contributed by atoms with van der Waals surface area (Å²) in [4.78, 5) is 25.1. The minimum Gasteiger partial charge on any atom is -0.455 e. The average molecular weight is 358 g/mol. The number of sulfonamides is 1. The molecule has 0 N–H and O–H groups in total. The van der Waals surface area contributed by atoms with Gasteiger partial charge in [0.25, 0.3) is 5.91 Å². The quantitative estimate of drug-likeness (QED) is 0.693.